The third-order valence-electron chi connectivity index (χ3n) is 2.99. The summed E-state index contributed by atoms with van der Waals surface area (Å²) in [6.45, 7) is 0.505. The van der Waals surface area contributed by atoms with E-state index >= 15 is 0 Å². The normalized spacial score (nSPS) is 10.2. The Morgan fingerprint density at radius 2 is 1.81 bits per heavy atom. The van der Waals surface area contributed by atoms with Gasteiger partial charge in [0.25, 0.3) is 0 Å². The summed E-state index contributed by atoms with van der Waals surface area (Å²) in [7, 11) is 0. The highest BCUT2D eigenvalue weighted by Gasteiger charge is 2.04. The zero-order valence-electron chi connectivity index (χ0n) is 11.4. The second-order valence-electron chi connectivity index (χ2n) is 4.58. The number of amides is 2. The Hall–Kier alpha value is -2.43. The zero-order valence-corrected chi connectivity index (χ0v) is 11.4. The maximum Gasteiger partial charge on any atom is 0.315 e. The summed E-state index contributed by atoms with van der Waals surface area (Å²) in [5.41, 5.74) is 1.24. The first-order valence-electron chi connectivity index (χ1n) is 6.65. The van der Waals surface area contributed by atoms with E-state index in [-0.39, 0.29) is 24.2 Å². The van der Waals surface area contributed by atoms with E-state index in [1.807, 2.05) is 0 Å². The molecular formula is C16H16F2N2O. The van der Waals surface area contributed by atoms with Crippen molar-refractivity contribution in [1.29, 1.82) is 0 Å². The molecule has 0 aliphatic heterocycles. The second kappa shape index (κ2) is 7.38. The fraction of sp³-hybridized carbons (Fsp3) is 0.188. The van der Waals surface area contributed by atoms with Crippen LogP contribution in [-0.4, -0.2) is 12.6 Å². The highest BCUT2D eigenvalue weighted by molar-refractivity contribution is 5.73. The Bertz CT molecular complexity index is 617. The van der Waals surface area contributed by atoms with E-state index in [9.17, 15) is 13.6 Å². The molecule has 0 heterocycles. The summed E-state index contributed by atoms with van der Waals surface area (Å²) < 4.78 is 26.3. The molecule has 0 aromatic heterocycles. The van der Waals surface area contributed by atoms with Crippen LogP contribution in [0, 0.1) is 11.6 Å². The minimum Gasteiger partial charge on any atom is -0.338 e. The van der Waals surface area contributed by atoms with Crippen molar-refractivity contribution in [2.75, 3.05) is 6.54 Å². The summed E-state index contributed by atoms with van der Waals surface area (Å²) in [6, 6.07) is 12.1. The van der Waals surface area contributed by atoms with Gasteiger partial charge in [-0.3, -0.25) is 0 Å². The van der Waals surface area contributed by atoms with Gasteiger partial charge in [-0.2, -0.15) is 0 Å². The molecule has 2 rings (SSSR count). The molecule has 0 unspecified atom stereocenters. The SMILES string of the molecule is O=C(NCCc1cccc(F)c1)NCc1ccccc1F. The standard InChI is InChI=1S/C16H16F2N2O/c17-14-6-3-4-12(10-14)8-9-19-16(21)20-11-13-5-1-2-7-15(13)18/h1-7,10H,8-9,11H2,(H2,19,20,21). The number of halogens is 2. The molecule has 0 radical (unpaired) electrons. The van der Waals surface area contributed by atoms with Gasteiger partial charge in [0.05, 0.1) is 0 Å². The molecule has 0 fully saturated rings. The number of urea groups is 1. The molecule has 2 aromatic rings. The summed E-state index contributed by atoms with van der Waals surface area (Å²) >= 11 is 0. The average molecular weight is 290 g/mol. The van der Waals surface area contributed by atoms with Crippen LogP contribution < -0.4 is 10.6 Å². The third-order valence-corrected chi connectivity index (χ3v) is 2.99. The number of benzene rings is 2. The van der Waals surface area contributed by atoms with Gasteiger partial charge < -0.3 is 10.6 Å². The van der Waals surface area contributed by atoms with Crippen LogP contribution >= 0.6 is 0 Å². The zero-order chi connectivity index (χ0) is 15.1. The van der Waals surface area contributed by atoms with Gasteiger partial charge >= 0.3 is 6.03 Å². The first-order chi connectivity index (χ1) is 10.1. The number of carbonyl (C=O) groups excluding carboxylic acids is 1. The molecule has 2 N–H and O–H groups in total. The van der Waals surface area contributed by atoms with Gasteiger partial charge in [-0.05, 0) is 30.2 Å². The first-order valence-corrected chi connectivity index (χ1v) is 6.65. The molecule has 21 heavy (non-hydrogen) atoms. The molecule has 0 spiro atoms. The maximum absolute atomic E-state index is 13.3. The largest absolute Gasteiger partial charge is 0.338 e. The lowest BCUT2D eigenvalue weighted by atomic mass is 10.1. The van der Waals surface area contributed by atoms with Gasteiger partial charge in [-0.25, -0.2) is 13.6 Å². The second-order valence-corrected chi connectivity index (χ2v) is 4.58. The molecule has 0 atom stereocenters. The molecule has 0 saturated heterocycles. The molecule has 110 valence electrons. The van der Waals surface area contributed by atoms with Crippen molar-refractivity contribution in [1.82, 2.24) is 10.6 Å². The summed E-state index contributed by atoms with van der Waals surface area (Å²) in [6.07, 6.45) is 0.533. The number of rotatable bonds is 5. The van der Waals surface area contributed by atoms with Crippen molar-refractivity contribution in [2.45, 2.75) is 13.0 Å². The topological polar surface area (TPSA) is 41.1 Å². The van der Waals surface area contributed by atoms with Crippen molar-refractivity contribution < 1.29 is 13.6 Å². The van der Waals surface area contributed by atoms with E-state index in [4.69, 9.17) is 0 Å². The number of carbonyl (C=O) groups is 1. The number of hydrogen-bond acceptors (Lipinski definition) is 1. The monoisotopic (exact) mass is 290 g/mol. The van der Waals surface area contributed by atoms with Crippen molar-refractivity contribution >= 4 is 6.03 Å². The molecule has 2 aromatic carbocycles. The molecule has 0 aliphatic rings. The fourth-order valence-electron chi connectivity index (χ4n) is 1.89. The number of nitrogens with one attached hydrogen (secondary N) is 2. The van der Waals surface area contributed by atoms with Crippen molar-refractivity contribution in [2.24, 2.45) is 0 Å². The van der Waals surface area contributed by atoms with E-state index in [0.29, 0.717) is 18.5 Å². The van der Waals surface area contributed by atoms with E-state index in [1.54, 1.807) is 30.3 Å². The van der Waals surface area contributed by atoms with Crippen molar-refractivity contribution in [3.63, 3.8) is 0 Å². The molecule has 2 amide bonds. The Morgan fingerprint density at radius 3 is 2.57 bits per heavy atom. The van der Waals surface area contributed by atoms with Gasteiger partial charge in [-0.15, -0.1) is 0 Å². The highest BCUT2D eigenvalue weighted by atomic mass is 19.1. The van der Waals surface area contributed by atoms with Crippen LogP contribution in [0.4, 0.5) is 13.6 Å². The Kier molecular flexibility index (Phi) is 5.26. The van der Waals surface area contributed by atoms with Crippen LogP contribution in [-0.2, 0) is 13.0 Å². The first kappa shape index (κ1) is 15.0. The van der Waals surface area contributed by atoms with Crippen LogP contribution in [0.3, 0.4) is 0 Å². The third kappa shape index (κ3) is 4.87. The van der Waals surface area contributed by atoms with Crippen LogP contribution in [0.1, 0.15) is 11.1 Å². The molecule has 3 nitrogen and oxygen atoms in total. The van der Waals surface area contributed by atoms with Gasteiger partial charge in [0.2, 0.25) is 0 Å². The average Bonchev–Trinajstić information content (AvgIpc) is 2.46. The van der Waals surface area contributed by atoms with E-state index in [2.05, 4.69) is 10.6 Å². The lowest BCUT2D eigenvalue weighted by molar-refractivity contribution is 0.240. The lowest BCUT2D eigenvalue weighted by Crippen LogP contribution is -2.36. The van der Waals surface area contributed by atoms with E-state index < -0.39 is 0 Å². The minimum atomic E-state index is -0.380. The van der Waals surface area contributed by atoms with Gasteiger partial charge in [0.1, 0.15) is 11.6 Å². The molecular weight excluding hydrogens is 274 g/mol. The van der Waals surface area contributed by atoms with Crippen molar-refractivity contribution in [3.05, 3.63) is 71.3 Å². The predicted molar refractivity (Wildman–Crippen MR) is 76.7 cm³/mol. The molecule has 5 heteroatoms. The van der Waals surface area contributed by atoms with E-state index in [0.717, 1.165) is 5.56 Å². The Balaban J connectivity index is 1.72. The minimum absolute atomic E-state index is 0.123. The summed E-state index contributed by atoms with van der Waals surface area (Å²) in [5, 5.41) is 5.22. The predicted octanol–water partition coefficient (Wildman–Crippen LogP) is 3.01. The molecule has 0 bridgehead atoms. The van der Waals surface area contributed by atoms with Crippen LogP contribution in [0.5, 0.6) is 0 Å². The summed E-state index contributed by atoms with van der Waals surface area (Å²) in [5.74, 6) is -0.644. The van der Waals surface area contributed by atoms with E-state index in [1.165, 1.54) is 18.2 Å². The Morgan fingerprint density at radius 1 is 1.00 bits per heavy atom. The maximum atomic E-state index is 13.3. The highest BCUT2D eigenvalue weighted by Crippen LogP contribution is 2.05. The van der Waals surface area contributed by atoms with Gasteiger partial charge in [0.15, 0.2) is 0 Å². The smallest absolute Gasteiger partial charge is 0.315 e. The fourth-order valence-corrected chi connectivity index (χ4v) is 1.89. The van der Waals surface area contributed by atoms with Gasteiger partial charge in [-0.1, -0.05) is 30.3 Å². The molecule has 0 aliphatic carbocycles. The van der Waals surface area contributed by atoms with Crippen LogP contribution in [0.2, 0.25) is 0 Å². The Labute approximate surface area is 122 Å². The van der Waals surface area contributed by atoms with Crippen LogP contribution in [0.15, 0.2) is 48.5 Å². The molecule has 0 saturated carbocycles. The van der Waals surface area contributed by atoms with Gasteiger partial charge in [0, 0.05) is 18.7 Å². The number of hydrogen-bond donors (Lipinski definition) is 2. The quantitative estimate of drug-likeness (QED) is 0.873. The van der Waals surface area contributed by atoms with Crippen LogP contribution in [0.25, 0.3) is 0 Å². The van der Waals surface area contributed by atoms with Crippen molar-refractivity contribution in [3.8, 4) is 0 Å². The summed E-state index contributed by atoms with van der Waals surface area (Å²) in [4.78, 5) is 11.6. The lowest BCUT2D eigenvalue weighted by Gasteiger charge is -2.08.